The predicted molar refractivity (Wildman–Crippen MR) is 127 cm³/mol. The summed E-state index contributed by atoms with van der Waals surface area (Å²) in [5, 5.41) is 0. The van der Waals surface area contributed by atoms with Crippen LogP contribution in [0.4, 0.5) is 5.69 Å². The van der Waals surface area contributed by atoms with Crippen LogP contribution in [0.1, 0.15) is 35.7 Å². The van der Waals surface area contributed by atoms with Crippen LogP contribution >= 0.6 is 0 Å². The van der Waals surface area contributed by atoms with E-state index < -0.39 is 10.0 Å². The largest absolute Gasteiger partial charge is 0.338 e. The van der Waals surface area contributed by atoms with Crippen molar-refractivity contribution in [3.63, 3.8) is 0 Å². The van der Waals surface area contributed by atoms with E-state index in [2.05, 4.69) is 6.92 Å². The summed E-state index contributed by atoms with van der Waals surface area (Å²) in [7, 11) is -3.74. The monoisotopic (exact) mass is 448 g/mol. The van der Waals surface area contributed by atoms with Gasteiger partial charge in [0.15, 0.2) is 0 Å². The van der Waals surface area contributed by atoms with Gasteiger partial charge in [-0.05, 0) is 60.7 Å². The highest BCUT2D eigenvalue weighted by Crippen LogP contribution is 2.26. The van der Waals surface area contributed by atoms with Crippen LogP contribution in [0.25, 0.3) is 0 Å². The summed E-state index contributed by atoms with van der Waals surface area (Å²) < 4.78 is 28.2. The van der Waals surface area contributed by atoms with Crippen LogP contribution in [0.15, 0.2) is 89.8 Å². The third-order valence-corrected chi connectivity index (χ3v) is 7.63. The number of sulfonamides is 1. The lowest BCUT2D eigenvalue weighted by molar-refractivity contribution is 0.0683. The molecule has 1 amide bonds. The van der Waals surface area contributed by atoms with Gasteiger partial charge in [-0.2, -0.15) is 0 Å². The van der Waals surface area contributed by atoms with E-state index >= 15 is 0 Å². The number of carbonyl (C=O) groups is 1. The normalized spacial score (nSPS) is 16.5. The molecule has 0 bridgehead atoms. The molecule has 1 aliphatic heterocycles. The average molecular weight is 449 g/mol. The van der Waals surface area contributed by atoms with E-state index in [9.17, 15) is 13.2 Å². The van der Waals surface area contributed by atoms with Crippen molar-refractivity contribution >= 4 is 21.6 Å². The summed E-state index contributed by atoms with van der Waals surface area (Å²) in [6, 6.07) is 24.8. The minimum absolute atomic E-state index is 0.0416. The van der Waals surface area contributed by atoms with Crippen molar-refractivity contribution in [2.75, 3.05) is 17.4 Å². The van der Waals surface area contributed by atoms with Crippen molar-refractivity contribution in [3.8, 4) is 0 Å². The maximum atomic E-state index is 13.4. The quantitative estimate of drug-likeness (QED) is 0.536. The van der Waals surface area contributed by atoms with Gasteiger partial charge in [-0.1, -0.05) is 55.5 Å². The van der Waals surface area contributed by atoms with Crippen molar-refractivity contribution in [1.82, 2.24) is 4.90 Å². The first-order chi connectivity index (χ1) is 15.4. The molecule has 1 saturated heterocycles. The molecule has 0 aliphatic carbocycles. The number of carbonyl (C=O) groups excluding carboxylic acids is 1. The molecule has 0 N–H and O–H groups in total. The van der Waals surface area contributed by atoms with E-state index in [1.165, 1.54) is 4.31 Å². The minimum Gasteiger partial charge on any atom is -0.338 e. The first kappa shape index (κ1) is 22.1. The maximum Gasteiger partial charge on any atom is 0.264 e. The fourth-order valence-corrected chi connectivity index (χ4v) is 5.58. The molecular formula is C26H28N2O3S. The van der Waals surface area contributed by atoms with Gasteiger partial charge in [0.2, 0.25) is 0 Å². The fraction of sp³-hybridized carbons (Fsp3) is 0.269. The number of para-hydroxylation sites is 1. The van der Waals surface area contributed by atoms with Crippen LogP contribution < -0.4 is 4.31 Å². The Kier molecular flexibility index (Phi) is 6.61. The van der Waals surface area contributed by atoms with Crippen molar-refractivity contribution in [1.29, 1.82) is 0 Å². The number of hydrogen-bond donors (Lipinski definition) is 0. The van der Waals surface area contributed by atoms with Crippen molar-refractivity contribution in [2.24, 2.45) is 5.92 Å². The van der Waals surface area contributed by atoms with Gasteiger partial charge in [-0.25, -0.2) is 8.42 Å². The minimum atomic E-state index is -3.74. The van der Waals surface area contributed by atoms with E-state index in [0.717, 1.165) is 31.5 Å². The highest BCUT2D eigenvalue weighted by atomic mass is 32.2. The molecule has 3 aromatic rings. The van der Waals surface area contributed by atoms with Gasteiger partial charge in [0.25, 0.3) is 15.9 Å². The predicted octanol–water partition coefficient (Wildman–Crippen LogP) is 4.95. The lowest BCUT2D eigenvalue weighted by atomic mass is 9.99. The highest BCUT2D eigenvalue weighted by molar-refractivity contribution is 7.92. The molecular weight excluding hydrogens is 420 g/mol. The second-order valence-corrected chi connectivity index (χ2v) is 10.2. The Morgan fingerprint density at radius 1 is 0.938 bits per heavy atom. The molecule has 1 heterocycles. The van der Waals surface area contributed by atoms with Crippen LogP contribution in [0.5, 0.6) is 0 Å². The van der Waals surface area contributed by atoms with Gasteiger partial charge in [0.1, 0.15) is 0 Å². The van der Waals surface area contributed by atoms with Crippen LogP contribution in [0.2, 0.25) is 0 Å². The Morgan fingerprint density at radius 3 is 2.19 bits per heavy atom. The number of anilines is 1. The van der Waals surface area contributed by atoms with Crippen molar-refractivity contribution in [3.05, 3.63) is 96.1 Å². The van der Waals surface area contributed by atoms with E-state index in [0.29, 0.717) is 17.2 Å². The summed E-state index contributed by atoms with van der Waals surface area (Å²) >= 11 is 0. The number of hydrogen-bond acceptors (Lipinski definition) is 3. The molecule has 0 radical (unpaired) electrons. The van der Waals surface area contributed by atoms with Crippen LogP contribution in [-0.4, -0.2) is 32.3 Å². The lowest BCUT2D eigenvalue weighted by Crippen LogP contribution is -2.39. The number of rotatable bonds is 6. The Labute approximate surface area is 190 Å². The molecule has 4 rings (SSSR count). The molecule has 166 valence electrons. The zero-order valence-corrected chi connectivity index (χ0v) is 19.0. The molecule has 32 heavy (non-hydrogen) atoms. The topological polar surface area (TPSA) is 57.7 Å². The summed E-state index contributed by atoms with van der Waals surface area (Å²) in [5.41, 5.74) is 2.05. The fourth-order valence-electron chi connectivity index (χ4n) is 4.10. The SMILES string of the molecule is CC1CCCN(C(=O)c2ccc(CN(c3ccccc3)S(=O)(=O)c3ccccc3)cc2)C1. The second kappa shape index (κ2) is 9.57. The standard InChI is InChI=1S/C26H28N2O3S/c1-21-9-8-18-27(19-21)26(29)23-16-14-22(15-17-23)20-28(24-10-4-2-5-11-24)32(30,31)25-12-6-3-7-13-25/h2-7,10-17,21H,8-9,18-20H2,1H3. The van der Waals surface area contributed by atoms with Gasteiger partial charge in [-0.3, -0.25) is 9.10 Å². The smallest absolute Gasteiger partial charge is 0.264 e. The van der Waals surface area contributed by atoms with Gasteiger partial charge >= 0.3 is 0 Å². The first-order valence-corrected chi connectivity index (χ1v) is 12.4. The molecule has 5 nitrogen and oxygen atoms in total. The molecule has 1 aliphatic rings. The number of benzene rings is 3. The zero-order chi connectivity index (χ0) is 22.6. The third-order valence-electron chi connectivity index (χ3n) is 5.85. The van der Waals surface area contributed by atoms with Crippen LogP contribution in [-0.2, 0) is 16.6 Å². The first-order valence-electron chi connectivity index (χ1n) is 11.0. The number of amides is 1. The molecule has 0 saturated carbocycles. The molecule has 1 unspecified atom stereocenters. The highest BCUT2D eigenvalue weighted by Gasteiger charge is 2.26. The lowest BCUT2D eigenvalue weighted by Gasteiger charge is -2.31. The van der Waals surface area contributed by atoms with E-state index in [1.54, 1.807) is 54.6 Å². The maximum absolute atomic E-state index is 13.4. The van der Waals surface area contributed by atoms with E-state index in [4.69, 9.17) is 0 Å². The van der Waals surface area contributed by atoms with Gasteiger partial charge in [0, 0.05) is 18.7 Å². The molecule has 6 heteroatoms. The van der Waals surface area contributed by atoms with Gasteiger partial charge < -0.3 is 4.90 Å². The number of piperidine rings is 1. The Hall–Kier alpha value is -3.12. The molecule has 0 aromatic heterocycles. The van der Waals surface area contributed by atoms with E-state index in [-0.39, 0.29) is 17.3 Å². The van der Waals surface area contributed by atoms with Crippen molar-refractivity contribution in [2.45, 2.75) is 31.2 Å². The van der Waals surface area contributed by atoms with Gasteiger partial charge in [-0.15, -0.1) is 0 Å². The average Bonchev–Trinajstić information content (AvgIpc) is 2.83. The second-order valence-electron chi connectivity index (χ2n) is 8.36. The molecule has 1 fully saturated rings. The van der Waals surface area contributed by atoms with Crippen molar-refractivity contribution < 1.29 is 13.2 Å². The Balaban J connectivity index is 1.58. The Morgan fingerprint density at radius 2 is 1.56 bits per heavy atom. The number of nitrogens with zero attached hydrogens (tertiary/aromatic N) is 2. The van der Waals surface area contributed by atoms with E-state index in [1.807, 2.05) is 35.2 Å². The van der Waals surface area contributed by atoms with Crippen LogP contribution in [0, 0.1) is 5.92 Å². The summed E-state index contributed by atoms with van der Waals surface area (Å²) in [6.07, 6.45) is 2.20. The summed E-state index contributed by atoms with van der Waals surface area (Å²) in [5.74, 6) is 0.564. The molecule has 3 aromatic carbocycles. The molecule has 1 atom stereocenters. The Bertz CT molecular complexity index is 1150. The van der Waals surface area contributed by atoms with Gasteiger partial charge in [0.05, 0.1) is 17.1 Å². The summed E-state index contributed by atoms with van der Waals surface area (Å²) in [6.45, 7) is 3.93. The molecule has 0 spiro atoms. The zero-order valence-electron chi connectivity index (χ0n) is 18.2. The van der Waals surface area contributed by atoms with Crippen LogP contribution in [0.3, 0.4) is 0 Å². The summed E-state index contributed by atoms with van der Waals surface area (Å²) in [4.78, 5) is 15.0. The third kappa shape index (κ3) is 4.86. The number of likely N-dealkylation sites (tertiary alicyclic amines) is 1.